The summed E-state index contributed by atoms with van der Waals surface area (Å²) >= 11 is 0. The van der Waals surface area contributed by atoms with Crippen LogP contribution in [0.15, 0.2) is 10.9 Å². The van der Waals surface area contributed by atoms with E-state index in [0.29, 0.717) is 25.0 Å². The molecule has 1 atom stereocenters. The van der Waals surface area contributed by atoms with Crippen LogP contribution < -0.4 is 11.0 Å². The van der Waals surface area contributed by atoms with E-state index in [1.807, 2.05) is 26.8 Å². The molecule has 2 rings (SSSR count). The van der Waals surface area contributed by atoms with Crippen molar-refractivity contribution in [1.82, 2.24) is 25.5 Å². The maximum atomic E-state index is 12.1. The van der Waals surface area contributed by atoms with Gasteiger partial charge in [0.1, 0.15) is 0 Å². The van der Waals surface area contributed by atoms with Gasteiger partial charge in [-0.1, -0.05) is 0 Å². The normalized spacial score (nSPS) is 12.2. The summed E-state index contributed by atoms with van der Waals surface area (Å²) in [6.07, 6.45) is 1.61. The summed E-state index contributed by atoms with van der Waals surface area (Å²) in [5.74, 6) is -0.0187. The molecule has 0 aliphatic carbocycles. The van der Waals surface area contributed by atoms with Crippen LogP contribution in [0.5, 0.6) is 0 Å². The van der Waals surface area contributed by atoms with Gasteiger partial charge < -0.3 is 10.3 Å². The smallest absolute Gasteiger partial charge is 0.345 e. The third-order valence-corrected chi connectivity index (χ3v) is 3.74. The molecule has 0 saturated heterocycles. The van der Waals surface area contributed by atoms with Gasteiger partial charge in [0.25, 0.3) is 0 Å². The summed E-state index contributed by atoms with van der Waals surface area (Å²) in [4.78, 5) is 29.9. The first-order chi connectivity index (χ1) is 10.8. The Kier molecular flexibility index (Phi) is 5.31. The summed E-state index contributed by atoms with van der Waals surface area (Å²) in [5.41, 5.74) is 3.97. The molecule has 0 saturated carbocycles. The van der Waals surface area contributed by atoms with Crippen LogP contribution in [0.25, 0.3) is 0 Å². The van der Waals surface area contributed by atoms with E-state index in [1.165, 1.54) is 0 Å². The highest BCUT2D eigenvalue weighted by atomic mass is 16.1. The van der Waals surface area contributed by atoms with Gasteiger partial charge in [-0.3, -0.25) is 9.89 Å². The highest BCUT2D eigenvalue weighted by Crippen LogP contribution is 2.10. The Morgan fingerprint density at radius 3 is 2.70 bits per heavy atom. The summed E-state index contributed by atoms with van der Waals surface area (Å²) < 4.78 is 0. The lowest BCUT2D eigenvalue weighted by molar-refractivity contribution is -0.121. The van der Waals surface area contributed by atoms with Crippen molar-refractivity contribution in [3.05, 3.63) is 44.9 Å². The minimum absolute atomic E-state index is 0.0149. The molecule has 0 radical (unpaired) electrons. The van der Waals surface area contributed by atoms with E-state index in [4.69, 9.17) is 0 Å². The number of hydrogen-bond acceptors (Lipinski definition) is 4. The molecule has 0 bridgehead atoms. The van der Waals surface area contributed by atoms with Crippen LogP contribution in [0.2, 0.25) is 0 Å². The van der Waals surface area contributed by atoms with E-state index >= 15 is 0 Å². The van der Waals surface area contributed by atoms with Crippen LogP contribution in [-0.2, 0) is 17.6 Å². The third kappa shape index (κ3) is 4.77. The van der Waals surface area contributed by atoms with E-state index < -0.39 is 0 Å². The van der Waals surface area contributed by atoms with Crippen LogP contribution in [0.1, 0.15) is 41.7 Å². The predicted molar refractivity (Wildman–Crippen MR) is 87.3 cm³/mol. The van der Waals surface area contributed by atoms with Crippen molar-refractivity contribution in [2.75, 3.05) is 0 Å². The molecule has 7 nitrogen and oxygen atoms in total. The zero-order chi connectivity index (χ0) is 17.0. The average molecular weight is 317 g/mol. The number of aryl methyl sites for hydroxylation is 3. The number of nitrogens with zero attached hydrogens (tertiary/aromatic N) is 2. The van der Waals surface area contributed by atoms with Crippen LogP contribution in [0.3, 0.4) is 0 Å². The molecule has 0 fully saturated rings. The van der Waals surface area contributed by atoms with E-state index in [2.05, 4.69) is 25.5 Å². The average Bonchev–Trinajstić information content (AvgIpc) is 2.82. The lowest BCUT2D eigenvalue weighted by Crippen LogP contribution is -2.34. The fraction of sp³-hybridized carbons (Fsp3) is 0.500. The van der Waals surface area contributed by atoms with Crippen molar-refractivity contribution >= 4 is 5.91 Å². The Morgan fingerprint density at radius 2 is 2.09 bits per heavy atom. The van der Waals surface area contributed by atoms with Crippen molar-refractivity contribution in [2.45, 2.75) is 53.0 Å². The third-order valence-electron chi connectivity index (χ3n) is 3.74. The fourth-order valence-electron chi connectivity index (χ4n) is 2.65. The maximum Gasteiger partial charge on any atom is 0.345 e. The molecule has 124 valence electrons. The standard InChI is InChI=1S/C16H23N5O2/c1-9(7-13-8-10(2)20-21-13)17-15(22)6-5-14-11(3)18-16(23)19-12(14)4/h8-9H,5-7H2,1-4H3,(H,17,22)(H,20,21)(H,18,19,23)/t9-/m1/s1. The Hall–Kier alpha value is -2.44. The molecule has 2 aromatic rings. The summed E-state index contributed by atoms with van der Waals surface area (Å²) in [7, 11) is 0. The quantitative estimate of drug-likeness (QED) is 0.742. The van der Waals surface area contributed by atoms with Crippen molar-refractivity contribution in [1.29, 1.82) is 0 Å². The Morgan fingerprint density at radius 1 is 1.35 bits per heavy atom. The van der Waals surface area contributed by atoms with Gasteiger partial charge in [0.2, 0.25) is 5.91 Å². The first kappa shape index (κ1) is 16.9. The monoisotopic (exact) mass is 317 g/mol. The molecular formula is C16H23N5O2. The molecule has 0 aliphatic heterocycles. The van der Waals surface area contributed by atoms with Gasteiger partial charge in [0.05, 0.1) is 5.69 Å². The molecule has 7 heteroatoms. The number of aromatic amines is 2. The van der Waals surface area contributed by atoms with Gasteiger partial charge in [-0.25, -0.2) is 4.79 Å². The van der Waals surface area contributed by atoms with Crippen molar-refractivity contribution in [3.63, 3.8) is 0 Å². The number of amides is 1. The Balaban J connectivity index is 1.86. The van der Waals surface area contributed by atoms with Crippen LogP contribution in [0.4, 0.5) is 0 Å². The second-order valence-corrected chi connectivity index (χ2v) is 5.95. The van der Waals surface area contributed by atoms with E-state index in [9.17, 15) is 9.59 Å². The molecule has 0 spiro atoms. The number of aromatic nitrogens is 4. The molecule has 0 aliphatic rings. The topological polar surface area (TPSA) is 104 Å². The minimum atomic E-state index is -0.351. The molecule has 2 aromatic heterocycles. The second kappa shape index (κ2) is 7.21. The van der Waals surface area contributed by atoms with Crippen molar-refractivity contribution in [2.24, 2.45) is 0 Å². The molecule has 1 amide bonds. The highest BCUT2D eigenvalue weighted by Gasteiger charge is 2.12. The number of H-pyrrole nitrogens is 2. The molecular weight excluding hydrogens is 294 g/mol. The van der Waals surface area contributed by atoms with Gasteiger partial charge in [0, 0.05) is 36.0 Å². The van der Waals surface area contributed by atoms with Gasteiger partial charge in [-0.2, -0.15) is 10.1 Å². The number of carbonyl (C=O) groups excluding carboxylic acids is 1. The first-order valence-corrected chi connectivity index (χ1v) is 7.71. The SMILES string of the molecule is Cc1cc(C[C@@H](C)NC(=O)CCc2c(C)nc(=O)[nH]c2C)n[nH]1. The Bertz CT molecular complexity index is 721. The van der Waals surface area contributed by atoms with Crippen LogP contribution >= 0.6 is 0 Å². The number of carbonyl (C=O) groups is 1. The summed E-state index contributed by atoms with van der Waals surface area (Å²) in [5, 5.41) is 10.0. The first-order valence-electron chi connectivity index (χ1n) is 7.71. The zero-order valence-electron chi connectivity index (χ0n) is 14.0. The molecule has 0 unspecified atom stereocenters. The molecule has 3 N–H and O–H groups in total. The molecule has 2 heterocycles. The lowest BCUT2D eigenvalue weighted by atomic mass is 10.1. The van der Waals surface area contributed by atoms with Crippen LogP contribution in [-0.4, -0.2) is 32.1 Å². The zero-order valence-corrected chi connectivity index (χ0v) is 14.0. The van der Waals surface area contributed by atoms with Crippen LogP contribution in [0, 0.1) is 20.8 Å². The van der Waals surface area contributed by atoms with Gasteiger partial charge >= 0.3 is 5.69 Å². The number of rotatable bonds is 6. The van der Waals surface area contributed by atoms with Crippen molar-refractivity contribution < 1.29 is 4.79 Å². The fourth-order valence-corrected chi connectivity index (χ4v) is 2.65. The summed E-state index contributed by atoms with van der Waals surface area (Å²) in [6.45, 7) is 7.52. The van der Waals surface area contributed by atoms with Crippen molar-refractivity contribution in [3.8, 4) is 0 Å². The maximum absolute atomic E-state index is 12.1. The van der Waals surface area contributed by atoms with E-state index in [0.717, 1.165) is 22.6 Å². The molecule has 23 heavy (non-hydrogen) atoms. The van der Waals surface area contributed by atoms with E-state index in [1.54, 1.807) is 6.92 Å². The minimum Gasteiger partial charge on any atom is -0.353 e. The largest absolute Gasteiger partial charge is 0.353 e. The number of nitrogens with one attached hydrogen (secondary N) is 3. The second-order valence-electron chi connectivity index (χ2n) is 5.95. The predicted octanol–water partition coefficient (Wildman–Crippen LogP) is 1.10. The van der Waals surface area contributed by atoms with Gasteiger partial charge in [-0.15, -0.1) is 0 Å². The summed E-state index contributed by atoms with van der Waals surface area (Å²) in [6, 6.07) is 1.99. The lowest BCUT2D eigenvalue weighted by Gasteiger charge is -2.13. The van der Waals surface area contributed by atoms with E-state index in [-0.39, 0.29) is 17.6 Å². The molecule has 0 aromatic carbocycles. The van der Waals surface area contributed by atoms with Gasteiger partial charge in [0.15, 0.2) is 0 Å². The van der Waals surface area contributed by atoms with Gasteiger partial charge in [-0.05, 0) is 45.7 Å². The highest BCUT2D eigenvalue weighted by molar-refractivity contribution is 5.76. The number of hydrogen-bond donors (Lipinski definition) is 3. The Labute approximate surface area is 134 Å².